The Kier molecular flexibility index (Phi) is 4.01. The number of nitrogens with zero attached hydrogens (tertiary/aromatic N) is 1. The maximum absolute atomic E-state index is 12.1. The standard InChI is InChI=1S/C16H13N3O4/c20-14(12-7-3-4-8-17-12)18-19-15(21)13-9-10-5-1-2-6-11(10)16(22)23-13/h1-8,13H,9H2,(H,18,20)(H,19,21)/t13-/m1/s1. The third kappa shape index (κ3) is 3.18. The van der Waals surface area contributed by atoms with E-state index in [1.54, 1.807) is 36.4 Å². The molecule has 0 saturated heterocycles. The number of fused-ring (bicyclic) bond motifs is 1. The molecule has 0 unspecified atom stereocenters. The fourth-order valence-electron chi connectivity index (χ4n) is 2.24. The van der Waals surface area contributed by atoms with Gasteiger partial charge in [0.05, 0.1) is 5.56 Å². The molecule has 0 aliphatic carbocycles. The molecule has 3 rings (SSSR count). The summed E-state index contributed by atoms with van der Waals surface area (Å²) in [5.74, 6) is -1.71. The van der Waals surface area contributed by atoms with E-state index in [0.29, 0.717) is 5.56 Å². The summed E-state index contributed by atoms with van der Waals surface area (Å²) < 4.78 is 5.09. The lowest BCUT2D eigenvalue weighted by atomic mass is 9.98. The van der Waals surface area contributed by atoms with Gasteiger partial charge in [0.15, 0.2) is 6.10 Å². The van der Waals surface area contributed by atoms with Crippen molar-refractivity contribution < 1.29 is 19.1 Å². The molecule has 1 aliphatic heterocycles. The number of hydrogen-bond donors (Lipinski definition) is 2. The molecular formula is C16H13N3O4. The number of nitrogens with one attached hydrogen (secondary N) is 2. The molecule has 0 radical (unpaired) electrons. The van der Waals surface area contributed by atoms with Crippen LogP contribution in [0, 0.1) is 0 Å². The van der Waals surface area contributed by atoms with E-state index in [-0.39, 0.29) is 12.1 Å². The van der Waals surface area contributed by atoms with Gasteiger partial charge in [0.1, 0.15) is 5.69 Å². The zero-order valence-corrected chi connectivity index (χ0v) is 12.0. The minimum atomic E-state index is -0.985. The second-order valence-corrected chi connectivity index (χ2v) is 4.91. The molecule has 1 aromatic heterocycles. The second-order valence-electron chi connectivity index (χ2n) is 4.91. The SMILES string of the molecule is O=C(NNC(=O)[C@H]1Cc2ccccc2C(=O)O1)c1ccccn1. The molecule has 23 heavy (non-hydrogen) atoms. The molecule has 0 saturated carbocycles. The van der Waals surface area contributed by atoms with E-state index in [0.717, 1.165) is 5.56 Å². The number of cyclic esters (lactones) is 1. The van der Waals surface area contributed by atoms with Gasteiger partial charge < -0.3 is 4.74 Å². The molecule has 2 aromatic rings. The van der Waals surface area contributed by atoms with Crippen molar-refractivity contribution in [3.63, 3.8) is 0 Å². The first-order chi connectivity index (χ1) is 11.1. The summed E-state index contributed by atoms with van der Waals surface area (Å²) in [6, 6.07) is 11.8. The number of hydrogen-bond acceptors (Lipinski definition) is 5. The minimum Gasteiger partial charge on any atom is -0.448 e. The number of benzene rings is 1. The van der Waals surface area contributed by atoms with Crippen LogP contribution in [0.1, 0.15) is 26.4 Å². The number of carbonyl (C=O) groups is 3. The van der Waals surface area contributed by atoms with E-state index in [1.807, 2.05) is 0 Å². The van der Waals surface area contributed by atoms with Gasteiger partial charge in [0.25, 0.3) is 11.8 Å². The molecule has 1 atom stereocenters. The zero-order chi connectivity index (χ0) is 16.2. The van der Waals surface area contributed by atoms with Gasteiger partial charge in [-0.25, -0.2) is 4.79 Å². The average molecular weight is 311 g/mol. The third-order valence-electron chi connectivity index (χ3n) is 3.38. The van der Waals surface area contributed by atoms with Gasteiger partial charge in [0.2, 0.25) is 0 Å². The van der Waals surface area contributed by atoms with E-state index in [4.69, 9.17) is 4.74 Å². The van der Waals surface area contributed by atoms with Crippen molar-refractivity contribution in [1.82, 2.24) is 15.8 Å². The third-order valence-corrected chi connectivity index (χ3v) is 3.38. The highest BCUT2D eigenvalue weighted by Gasteiger charge is 2.31. The number of carbonyl (C=O) groups excluding carboxylic acids is 3. The van der Waals surface area contributed by atoms with E-state index >= 15 is 0 Å². The Balaban J connectivity index is 1.62. The first-order valence-electron chi connectivity index (χ1n) is 6.95. The van der Waals surface area contributed by atoms with Crippen LogP contribution < -0.4 is 10.9 Å². The first kappa shape index (κ1) is 14.7. The number of aromatic nitrogens is 1. The van der Waals surface area contributed by atoms with Gasteiger partial charge in [-0.05, 0) is 23.8 Å². The van der Waals surface area contributed by atoms with Gasteiger partial charge in [-0.2, -0.15) is 0 Å². The molecule has 7 nitrogen and oxygen atoms in total. The van der Waals surface area contributed by atoms with Crippen LogP contribution in [0.25, 0.3) is 0 Å². The van der Waals surface area contributed by atoms with E-state index in [9.17, 15) is 14.4 Å². The molecule has 0 spiro atoms. The number of rotatable bonds is 2. The number of hydrazine groups is 1. The number of ether oxygens (including phenoxy) is 1. The topological polar surface area (TPSA) is 97.4 Å². The van der Waals surface area contributed by atoms with Gasteiger partial charge in [0, 0.05) is 12.6 Å². The van der Waals surface area contributed by atoms with Crippen molar-refractivity contribution in [3.05, 3.63) is 65.5 Å². The normalized spacial score (nSPS) is 16.0. The van der Waals surface area contributed by atoms with Crippen LogP contribution >= 0.6 is 0 Å². The Hall–Kier alpha value is -3.22. The summed E-state index contributed by atoms with van der Waals surface area (Å²) in [6.07, 6.45) is 0.741. The van der Waals surface area contributed by atoms with E-state index in [2.05, 4.69) is 15.8 Å². The number of esters is 1. The lowest BCUT2D eigenvalue weighted by Gasteiger charge is -2.23. The Morgan fingerprint density at radius 2 is 1.87 bits per heavy atom. The predicted molar refractivity (Wildman–Crippen MR) is 79.2 cm³/mol. The van der Waals surface area contributed by atoms with Crippen molar-refractivity contribution in [2.24, 2.45) is 0 Å². The summed E-state index contributed by atoms with van der Waals surface area (Å²) in [6.45, 7) is 0. The maximum atomic E-state index is 12.1. The summed E-state index contributed by atoms with van der Waals surface area (Å²) in [4.78, 5) is 39.6. The van der Waals surface area contributed by atoms with Crippen LogP contribution in [0.15, 0.2) is 48.7 Å². The summed E-state index contributed by atoms with van der Waals surface area (Å²) >= 11 is 0. The Morgan fingerprint density at radius 1 is 1.09 bits per heavy atom. The molecule has 2 heterocycles. The molecule has 2 amide bonds. The molecule has 0 fully saturated rings. The Morgan fingerprint density at radius 3 is 2.65 bits per heavy atom. The van der Waals surface area contributed by atoms with Gasteiger partial charge in [-0.3, -0.25) is 25.4 Å². The highest BCUT2D eigenvalue weighted by atomic mass is 16.5. The molecule has 1 aliphatic rings. The molecule has 2 N–H and O–H groups in total. The Bertz CT molecular complexity index is 761. The molecule has 116 valence electrons. The largest absolute Gasteiger partial charge is 0.448 e. The monoisotopic (exact) mass is 311 g/mol. The molecule has 1 aromatic carbocycles. The first-order valence-corrected chi connectivity index (χ1v) is 6.95. The smallest absolute Gasteiger partial charge is 0.339 e. The van der Waals surface area contributed by atoms with E-state index in [1.165, 1.54) is 12.3 Å². The minimum absolute atomic E-state index is 0.166. The maximum Gasteiger partial charge on any atom is 0.339 e. The van der Waals surface area contributed by atoms with E-state index < -0.39 is 23.9 Å². The van der Waals surface area contributed by atoms with Crippen LogP contribution in [0.2, 0.25) is 0 Å². The van der Waals surface area contributed by atoms with Crippen LogP contribution in [0.4, 0.5) is 0 Å². The van der Waals surface area contributed by atoms with Crippen molar-refractivity contribution >= 4 is 17.8 Å². The summed E-state index contributed by atoms with van der Waals surface area (Å²) in [5, 5.41) is 0. The van der Waals surface area contributed by atoms with Gasteiger partial charge in [-0.1, -0.05) is 24.3 Å². The molecule has 0 bridgehead atoms. The highest BCUT2D eigenvalue weighted by Crippen LogP contribution is 2.20. The zero-order valence-electron chi connectivity index (χ0n) is 12.0. The van der Waals surface area contributed by atoms with Crippen LogP contribution in [0.5, 0.6) is 0 Å². The van der Waals surface area contributed by atoms with Gasteiger partial charge in [-0.15, -0.1) is 0 Å². The fraction of sp³-hybridized carbons (Fsp3) is 0.125. The van der Waals surface area contributed by atoms with Crippen molar-refractivity contribution in [1.29, 1.82) is 0 Å². The van der Waals surface area contributed by atoms with Crippen LogP contribution in [-0.4, -0.2) is 28.9 Å². The van der Waals surface area contributed by atoms with Crippen molar-refractivity contribution in [2.75, 3.05) is 0 Å². The highest BCUT2D eigenvalue weighted by molar-refractivity contribution is 5.97. The fourth-order valence-corrected chi connectivity index (χ4v) is 2.24. The van der Waals surface area contributed by atoms with Crippen molar-refractivity contribution in [2.45, 2.75) is 12.5 Å². The molecular weight excluding hydrogens is 298 g/mol. The average Bonchev–Trinajstić information content (AvgIpc) is 2.60. The quantitative estimate of drug-likeness (QED) is 0.626. The number of amides is 2. The van der Waals surface area contributed by atoms with Crippen molar-refractivity contribution in [3.8, 4) is 0 Å². The predicted octanol–water partition coefficient (Wildman–Crippen LogP) is 0.624. The summed E-state index contributed by atoms with van der Waals surface area (Å²) in [7, 11) is 0. The molecule has 7 heteroatoms. The number of pyridine rings is 1. The lowest BCUT2D eigenvalue weighted by Crippen LogP contribution is -2.49. The van der Waals surface area contributed by atoms with Crippen LogP contribution in [0.3, 0.4) is 0 Å². The summed E-state index contributed by atoms with van der Waals surface area (Å²) in [5.41, 5.74) is 5.84. The Labute approximate surface area is 131 Å². The lowest BCUT2D eigenvalue weighted by molar-refractivity contribution is -0.131. The second kappa shape index (κ2) is 6.27. The van der Waals surface area contributed by atoms with Crippen LogP contribution in [-0.2, 0) is 16.0 Å². The van der Waals surface area contributed by atoms with Gasteiger partial charge >= 0.3 is 5.97 Å².